The van der Waals surface area contributed by atoms with E-state index in [0.29, 0.717) is 11.3 Å². The number of thiazole rings is 1. The highest BCUT2D eigenvalue weighted by molar-refractivity contribution is 7.09. The van der Waals surface area contributed by atoms with E-state index in [1.807, 2.05) is 5.51 Å². The Balaban J connectivity index is 1.77. The van der Waals surface area contributed by atoms with Crippen LogP contribution in [0.15, 0.2) is 35.8 Å². The van der Waals surface area contributed by atoms with Crippen LogP contribution >= 0.6 is 11.3 Å². The van der Waals surface area contributed by atoms with Gasteiger partial charge in [-0.3, -0.25) is 4.90 Å². The molecule has 1 atom stereocenters. The molecule has 0 amide bonds. The van der Waals surface area contributed by atoms with Crippen LogP contribution in [0.2, 0.25) is 0 Å². The van der Waals surface area contributed by atoms with Crippen LogP contribution in [0.4, 0.5) is 0 Å². The number of rotatable bonds is 3. The van der Waals surface area contributed by atoms with Crippen LogP contribution in [0.1, 0.15) is 35.9 Å². The van der Waals surface area contributed by atoms with Gasteiger partial charge in [-0.25, -0.2) is 4.98 Å². The minimum absolute atomic E-state index is 0.325. The lowest BCUT2D eigenvalue weighted by atomic mass is 9.78. The standard InChI is InChI=1S/C17H22N2S/c1-13-16(18-12-20-13)10-19-9-15(17(2,3)11-19)14-7-5-4-6-8-14/h4-8,12,15H,9-11H2,1-3H3/t15-/m1/s1. The highest BCUT2D eigenvalue weighted by Crippen LogP contribution is 2.42. The minimum Gasteiger partial charge on any atom is -0.296 e. The summed E-state index contributed by atoms with van der Waals surface area (Å²) < 4.78 is 0. The van der Waals surface area contributed by atoms with E-state index in [2.05, 4.69) is 61.0 Å². The number of nitrogens with zero attached hydrogens (tertiary/aromatic N) is 2. The molecule has 2 heterocycles. The SMILES string of the molecule is Cc1scnc1CN1C[C@H](c2ccccc2)C(C)(C)C1. The van der Waals surface area contributed by atoms with Gasteiger partial charge < -0.3 is 0 Å². The third-order valence-electron chi connectivity index (χ3n) is 4.43. The molecule has 0 N–H and O–H groups in total. The summed E-state index contributed by atoms with van der Waals surface area (Å²) in [6.45, 7) is 10.2. The molecule has 1 aromatic carbocycles. The van der Waals surface area contributed by atoms with Gasteiger partial charge in [-0.15, -0.1) is 11.3 Å². The monoisotopic (exact) mass is 286 g/mol. The summed E-state index contributed by atoms with van der Waals surface area (Å²) >= 11 is 1.75. The zero-order valence-corrected chi connectivity index (χ0v) is 13.3. The molecule has 3 rings (SSSR count). The molecule has 1 saturated heterocycles. The average Bonchev–Trinajstić information content (AvgIpc) is 2.94. The van der Waals surface area contributed by atoms with Gasteiger partial charge in [-0.2, -0.15) is 0 Å². The first-order valence-electron chi connectivity index (χ1n) is 7.22. The highest BCUT2D eigenvalue weighted by Gasteiger charge is 2.40. The maximum atomic E-state index is 4.50. The molecule has 0 unspecified atom stereocenters. The van der Waals surface area contributed by atoms with Crippen LogP contribution in [0.5, 0.6) is 0 Å². The summed E-state index contributed by atoms with van der Waals surface area (Å²) in [6, 6.07) is 10.9. The van der Waals surface area contributed by atoms with E-state index in [1.54, 1.807) is 11.3 Å². The molecule has 3 heteroatoms. The third-order valence-corrected chi connectivity index (χ3v) is 5.23. The molecule has 1 aliphatic rings. The fourth-order valence-electron chi connectivity index (χ4n) is 3.31. The molecular formula is C17H22N2S. The van der Waals surface area contributed by atoms with E-state index in [1.165, 1.54) is 16.1 Å². The van der Waals surface area contributed by atoms with Gasteiger partial charge in [0.1, 0.15) is 0 Å². The second-order valence-corrected chi connectivity index (χ2v) is 7.54. The van der Waals surface area contributed by atoms with Crippen LogP contribution in [0.25, 0.3) is 0 Å². The zero-order chi connectivity index (χ0) is 14.2. The maximum Gasteiger partial charge on any atom is 0.0798 e. The Hall–Kier alpha value is -1.19. The fraction of sp³-hybridized carbons (Fsp3) is 0.471. The zero-order valence-electron chi connectivity index (χ0n) is 12.5. The Bertz CT molecular complexity index is 574. The van der Waals surface area contributed by atoms with E-state index in [0.717, 1.165) is 19.6 Å². The Morgan fingerprint density at radius 3 is 2.70 bits per heavy atom. The number of likely N-dealkylation sites (tertiary alicyclic amines) is 1. The number of aromatic nitrogens is 1. The van der Waals surface area contributed by atoms with Crippen molar-refractivity contribution < 1.29 is 0 Å². The molecule has 0 saturated carbocycles. The van der Waals surface area contributed by atoms with Crippen molar-refractivity contribution in [1.29, 1.82) is 0 Å². The fourth-order valence-corrected chi connectivity index (χ4v) is 3.90. The quantitative estimate of drug-likeness (QED) is 0.845. The van der Waals surface area contributed by atoms with Crippen LogP contribution in [0, 0.1) is 12.3 Å². The van der Waals surface area contributed by atoms with Gasteiger partial charge in [0.15, 0.2) is 0 Å². The molecule has 1 fully saturated rings. The third kappa shape index (κ3) is 2.65. The molecule has 2 aromatic rings. The number of hydrogen-bond donors (Lipinski definition) is 0. The van der Waals surface area contributed by atoms with Crippen LogP contribution in [0.3, 0.4) is 0 Å². The summed E-state index contributed by atoms with van der Waals surface area (Å²) in [5.74, 6) is 0.614. The van der Waals surface area contributed by atoms with E-state index in [-0.39, 0.29) is 0 Å². The summed E-state index contributed by atoms with van der Waals surface area (Å²) in [4.78, 5) is 8.41. The van der Waals surface area contributed by atoms with Crippen molar-refractivity contribution in [1.82, 2.24) is 9.88 Å². The van der Waals surface area contributed by atoms with Gasteiger partial charge in [0.25, 0.3) is 0 Å². The van der Waals surface area contributed by atoms with Gasteiger partial charge in [-0.1, -0.05) is 44.2 Å². The Morgan fingerprint density at radius 1 is 1.30 bits per heavy atom. The molecule has 0 bridgehead atoms. The highest BCUT2D eigenvalue weighted by atomic mass is 32.1. The van der Waals surface area contributed by atoms with Crippen molar-refractivity contribution in [2.75, 3.05) is 13.1 Å². The predicted molar refractivity (Wildman–Crippen MR) is 85.1 cm³/mol. The smallest absolute Gasteiger partial charge is 0.0798 e. The molecule has 0 aliphatic carbocycles. The molecule has 0 spiro atoms. The normalized spacial score (nSPS) is 22.2. The van der Waals surface area contributed by atoms with Gasteiger partial charge in [0, 0.05) is 30.4 Å². The first-order valence-corrected chi connectivity index (χ1v) is 8.10. The maximum absolute atomic E-state index is 4.50. The largest absolute Gasteiger partial charge is 0.296 e. The predicted octanol–water partition coefficient (Wildman–Crippen LogP) is 4.08. The molecule has 1 aromatic heterocycles. The molecule has 0 radical (unpaired) electrons. The van der Waals surface area contributed by atoms with Crippen molar-refractivity contribution in [2.45, 2.75) is 33.2 Å². The Kier molecular flexibility index (Phi) is 3.65. The van der Waals surface area contributed by atoms with Gasteiger partial charge in [0.2, 0.25) is 0 Å². The lowest BCUT2D eigenvalue weighted by Crippen LogP contribution is -2.23. The lowest BCUT2D eigenvalue weighted by molar-refractivity contribution is 0.279. The van der Waals surface area contributed by atoms with E-state index < -0.39 is 0 Å². The van der Waals surface area contributed by atoms with Crippen molar-refractivity contribution in [3.05, 3.63) is 52.0 Å². The van der Waals surface area contributed by atoms with Crippen LogP contribution in [-0.2, 0) is 6.54 Å². The van der Waals surface area contributed by atoms with Crippen LogP contribution < -0.4 is 0 Å². The van der Waals surface area contributed by atoms with Gasteiger partial charge in [0.05, 0.1) is 11.2 Å². The summed E-state index contributed by atoms with van der Waals surface area (Å²) in [5, 5.41) is 0. The Morgan fingerprint density at radius 2 is 2.05 bits per heavy atom. The molecule has 1 aliphatic heterocycles. The number of hydrogen-bond acceptors (Lipinski definition) is 3. The van der Waals surface area contributed by atoms with E-state index in [9.17, 15) is 0 Å². The minimum atomic E-state index is 0.325. The molecule has 106 valence electrons. The molecule has 20 heavy (non-hydrogen) atoms. The topological polar surface area (TPSA) is 16.1 Å². The first kappa shape index (κ1) is 13.8. The molecule has 2 nitrogen and oxygen atoms in total. The average molecular weight is 286 g/mol. The lowest BCUT2D eigenvalue weighted by Gasteiger charge is -2.26. The molecular weight excluding hydrogens is 264 g/mol. The van der Waals surface area contributed by atoms with Crippen molar-refractivity contribution in [2.24, 2.45) is 5.41 Å². The Labute approximate surface area is 125 Å². The van der Waals surface area contributed by atoms with Gasteiger partial charge >= 0.3 is 0 Å². The van der Waals surface area contributed by atoms with Crippen molar-refractivity contribution >= 4 is 11.3 Å². The van der Waals surface area contributed by atoms with Crippen molar-refractivity contribution in [3.8, 4) is 0 Å². The number of benzene rings is 1. The number of aryl methyl sites for hydroxylation is 1. The van der Waals surface area contributed by atoms with Crippen LogP contribution in [-0.4, -0.2) is 23.0 Å². The summed E-state index contributed by atoms with van der Waals surface area (Å²) in [6.07, 6.45) is 0. The second kappa shape index (κ2) is 5.30. The summed E-state index contributed by atoms with van der Waals surface area (Å²) in [7, 11) is 0. The van der Waals surface area contributed by atoms with Crippen molar-refractivity contribution in [3.63, 3.8) is 0 Å². The second-order valence-electron chi connectivity index (χ2n) is 6.48. The van der Waals surface area contributed by atoms with Gasteiger partial charge in [-0.05, 0) is 17.9 Å². The first-order chi connectivity index (χ1) is 9.56. The van der Waals surface area contributed by atoms with E-state index >= 15 is 0 Å². The summed E-state index contributed by atoms with van der Waals surface area (Å²) in [5.41, 5.74) is 5.00. The van der Waals surface area contributed by atoms with E-state index in [4.69, 9.17) is 0 Å².